The van der Waals surface area contributed by atoms with Gasteiger partial charge in [-0.3, -0.25) is 9.89 Å². The van der Waals surface area contributed by atoms with Crippen LogP contribution in [0.3, 0.4) is 0 Å². The SMILES string of the molecule is CCNC(=NCCCN1CCN(c2ccc(OC)cc2)CC1)NCCCCSC. The number of aliphatic imine (C=N–C) groups is 1. The van der Waals surface area contributed by atoms with Gasteiger partial charge in [0.2, 0.25) is 0 Å². The molecule has 1 aromatic carbocycles. The third-order valence-electron chi connectivity index (χ3n) is 5.12. The van der Waals surface area contributed by atoms with Gasteiger partial charge in [0, 0.05) is 58.0 Å². The summed E-state index contributed by atoms with van der Waals surface area (Å²) in [5.41, 5.74) is 1.29. The summed E-state index contributed by atoms with van der Waals surface area (Å²) in [6.45, 7) is 10.4. The number of thioether (sulfide) groups is 1. The number of nitrogens with one attached hydrogen (secondary N) is 2. The molecule has 6 nitrogen and oxygen atoms in total. The van der Waals surface area contributed by atoms with E-state index < -0.39 is 0 Å². The molecule has 0 amide bonds. The number of anilines is 1. The van der Waals surface area contributed by atoms with Crippen LogP contribution in [0.25, 0.3) is 0 Å². The molecule has 0 spiro atoms. The molecule has 0 aliphatic carbocycles. The summed E-state index contributed by atoms with van der Waals surface area (Å²) >= 11 is 1.91. The monoisotopic (exact) mass is 421 g/mol. The second-order valence-corrected chi connectivity index (χ2v) is 8.25. The zero-order valence-electron chi connectivity index (χ0n) is 18.5. The number of rotatable bonds is 12. The lowest BCUT2D eigenvalue weighted by Crippen LogP contribution is -2.46. The first-order valence-electron chi connectivity index (χ1n) is 10.9. The van der Waals surface area contributed by atoms with Gasteiger partial charge in [-0.15, -0.1) is 0 Å². The van der Waals surface area contributed by atoms with Crippen LogP contribution in [0.1, 0.15) is 26.2 Å². The Labute approximate surface area is 181 Å². The second kappa shape index (κ2) is 14.4. The van der Waals surface area contributed by atoms with E-state index in [0.717, 1.165) is 70.5 Å². The Kier molecular flexibility index (Phi) is 11.8. The maximum Gasteiger partial charge on any atom is 0.191 e. The maximum atomic E-state index is 5.25. The molecule has 1 fully saturated rings. The molecule has 164 valence electrons. The topological polar surface area (TPSA) is 52.1 Å². The number of methoxy groups -OCH3 is 1. The maximum absolute atomic E-state index is 5.25. The minimum absolute atomic E-state index is 0.874. The van der Waals surface area contributed by atoms with Gasteiger partial charge < -0.3 is 20.3 Å². The summed E-state index contributed by atoms with van der Waals surface area (Å²) in [5, 5.41) is 6.80. The van der Waals surface area contributed by atoms with Gasteiger partial charge in [-0.2, -0.15) is 11.8 Å². The molecule has 1 aromatic rings. The summed E-state index contributed by atoms with van der Waals surface area (Å²) in [6, 6.07) is 8.38. The molecule has 0 saturated carbocycles. The Bertz CT molecular complexity index is 573. The van der Waals surface area contributed by atoms with Crippen molar-refractivity contribution in [2.75, 3.05) is 76.4 Å². The Balaban J connectivity index is 1.63. The number of ether oxygens (including phenoxy) is 1. The van der Waals surface area contributed by atoms with Crippen molar-refractivity contribution in [3.8, 4) is 5.75 Å². The molecular formula is C22H39N5OS. The standard InChI is InChI=1S/C22H39N5OS/c1-4-23-22(24-12-5-6-19-29-3)25-13-7-14-26-15-17-27(18-16-26)20-8-10-21(28-2)11-9-20/h8-11H,4-7,12-19H2,1-3H3,(H2,23,24,25). The molecule has 2 rings (SSSR count). The molecule has 0 bridgehead atoms. The fraction of sp³-hybridized carbons (Fsp3) is 0.682. The summed E-state index contributed by atoms with van der Waals surface area (Å²) < 4.78 is 5.25. The highest BCUT2D eigenvalue weighted by Gasteiger charge is 2.16. The van der Waals surface area contributed by atoms with E-state index >= 15 is 0 Å². The lowest BCUT2D eigenvalue weighted by Gasteiger charge is -2.36. The van der Waals surface area contributed by atoms with E-state index in [4.69, 9.17) is 9.73 Å². The van der Waals surface area contributed by atoms with Gasteiger partial charge in [0.1, 0.15) is 5.75 Å². The van der Waals surface area contributed by atoms with Crippen LogP contribution in [0.2, 0.25) is 0 Å². The van der Waals surface area contributed by atoms with E-state index in [0.29, 0.717) is 0 Å². The lowest BCUT2D eigenvalue weighted by atomic mass is 10.2. The third-order valence-corrected chi connectivity index (χ3v) is 5.82. The molecule has 0 aromatic heterocycles. The van der Waals surface area contributed by atoms with Crippen molar-refractivity contribution >= 4 is 23.4 Å². The molecule has 2 N–H and O–H groups in total. The van der Waals surface area contributed by atoms with Crippen LogP contribution in [-0.2, 0) is 0 Å². The van der Waals surface area contributed by atoms with Crippen LogP contribution in [0.15, 0.2) is 29.3 Å². The predicted octanol–water partition coefficient (Wildman–Crippen LogP) is 2.91. The van der Waals surface area contributed by atoms with Crippen LogP contribution >= 0.6 is 11.8 Å². The van der Waals surface area contributed by atoms with Gasteiger partial charge in [0.15, 0.2) is 5.96 Å². The average molecular weight is 422 g/mol. The smallest absolute Gasteiger partial charge is 0.191 e. The summed E-state index contributed by atoms with van der Waals surface area (Å²) in [4.78, 5) is 9.75. The number of guanidine groups is 1. The van der Waals surface area contributed by atoms with E-state index in [2.05, 4.69) is 45.7 Å². The van der Waals surface area contributed by atoms with E-state index in [1.165, 1.54) is 24.3 Å². The van der Waals surface area contributed by atoms with Crippen molar-refractivity contribution in [2.24, 2.45) is 4.99 Å². The minimum atomic E-state index is 0.874. The van der Waals surface area contributed by atoms with Gasteiger partial charge >= 0.3 is 0 Å². The van der Waals surface area contributed by atoms with Crippen molar-refractivity contribution in [3.63, 3.8) is 0 Å². The van der Waals surface area contributed by atoms with Crippen LogP contribution in [0.5, 0.6) is 5.75 Å². The Morgan fingerprint density at radius 1 is 1.07 bits per heavy atom. The van der Waals surface area contributed by atoms with Gasteiger partial charge in [0.25, 0.3) is 0 Å². The van der Waals surface area contributed by atoms with E-state index in [1.54, 1.807) is 7.11 Å². The zero-order valence-corrected chi connectivity index (χ0v) is 19.3. The quantitative estimate of drug-likeness (QED) is 0.307. The molecule has 29 heavy (non-hydrogen) atoms. The summed E-state index contributed by atoms with van der Waals surface area (Å²) in [7, 11) is 1.71. The molecule has 1 aliphatic rings. The van der Waals surface area contributed by atoms with Gasteiger partial charge in [0.05, 0.1) is 7.11 Å². The highest BCUT2D eigenvalue weighted by atomic mass is 32.2. The first-order valence-corrected chi connectivity index (χ1v) is 12.3. The molecular weight excluding hydrogens is 382 g/mol. The Hall–Kier alpha value is -1.60. The molecule has 1 heterocycles. The van der Waals surface area contributed by atoms with Crippen LogP contribution in [-0.4, -0.2) is 82.3 Å². The molecule has 0 atom stereocenters. The molecule has 0 unspecified atom stereocenters. The highest BCUT2D eigenvalue weighted by molar-refractivity contribution is 7.98. The fourth-order valence-electron chi connectivity index (χ4n) is 3.43. The predicted molar refractivity (Wildman–Crippen MR) is 128 cm³/mol. The van der Waals surface area contributed by atoms with Crippen molar-refractivity contribution in [2.45, 2.75) is 26.2 Å². The minimum Gasteiger partial charge on any atom is -0.497 e. The van der Waals surface area contributed by atoms with Crippen molar-refractivity contribution in [1.29, 1.82) is 0 Å². The first kappa shape index (κ1) is 23.7. The second-order valence-electron chi connectivity index (χ2n) is 7.27. The number of benzene rings is 1. The fourth-order valence-corrected chi connectivity index (χ4v) is 3.92. The Morgan fingerprint density at radius 2 is 1.83 bits per heavy atom. The molecule has 7 heteroatoms. The summed E-state index contributed by atoms with van der Waals surface area (Å²) in [5.74, 6) is 3.11. The van der Waals surface area contributed by atoms with Gasteiger partial charge in [-0.1, -0.05) is 0 Å². The third kappa shape index (κ3) is 9.17. The van der Waals surface area contributed by atoms with E-state index in [9.17, 15) is 0 Å². The number of piperazine rings is 1. The lowest BCUT2D eigenvalue weighted by molar-refractivity contribution is 0.256. The number of hydrogen-bond acceptors (Lipinski definition) is 5. The van der Waals surface area contributed by atoms with Crippen molar-refractivity contribution < 1.29 is 4.74 Å². The van der Waals surface area contributed by atoms with Crippen molar-refractivity contribution in [3.05, 3.63) is 24.3 Å². The van der Waals surface area contributed by atoms with Crippen LogP contribution < -0.4 is 20.3 Å². The molecule has 1 saturated heterocycles. The van der Waals surface area contributed by atoms with Crippen LogP contribution in [0, 0.1) is 0 Å². The average Bonchev–Trinajstić information content (AvgIpc) is 2.77. The summed E-state index contributed by atoms with van der Waals surface area (Å²) in [6.07, 6.45) is 5.73. The van der Waals surface area contributed by atoms with Gasteiger partial charge in [-0.25, -0.2) is 0 Å². The van der Waals surface area contributed by atoms with Gasteiger partial charge in [-0.05, 0) is 62.5 Å². The molecule has 0 radical (unpaired) electrons. The Morgan fingerprint density at radius 3 is 2.48 bits per heavy atom. The molecule has 1 aliphatic heterocycles. The normalized spacial score (nSPS) is 15.4. The highest BCUT2D eigenvalue weighted by Crippen LogP contribution is 2.20. The zero-order chi connectivity index (χ0) is 20.7. The van der Waals surface area contributed by atoms with E-state index in [1.807, 2.05) is 23.9 Å². The van der Waals surface area contributed by atoms with Crippen molar-refractivity contribution in [1.82, 2.24) is 15.5 Å². The first-order chi connectivity index (χ1) is 14.3. The van der Waals surface area contributed by atoms with E-state index in [-0.39, 0.29) is 0 Å². The number of unbranched alkanes of at least 4 members (excludes halogenated alkanes) is 1. The number of hydrogen-bond donors (Lipinski definition) is 2. The number of nitrogens with zero attached hydrogens (tertiary/aromatic N) is 3. The largest absolute Gasteiger partial charge is 0.497 e. The van der Waals surface area contributed by atoms with Crippen LogP contribution in [0.4, 0.5) is 5.69 Å².